The van der Waals surface area contributed by atoms with Gasteiger partial charge in [0.05, 0.1) is 10.6 Å². The molecule has 144 valence electrons. The third-order valence-corrected chi connectivity index (χ3v) is 5.86. The van der Waals surface area contributed by atoms with Crippen molar-refractivity contribution in [3.63, 3.8) is 0 Å². The number of benzene rings is 2. The number of hydrogen-bond donors (Lipinski definition) is 1. The van der Waals surface area contributed by atoms with Crippen molar-refractivity contribution in [1.29, 1.82) is 0 Å². The number of para-hydroxylation sites is 1. The Hall–Kier alpha value is -3.36. The summed E-state index contributed by atoms with van der Waals surface area (Å²) in [6.45, 7) is 1.93. The average Bonchev–Trinajstić information content (AvgIpc) is 3.28. The SMILES string of the molecule is Cc1ccccc1N1C(=O)/C(=C\c2ccc(-c3cccc([N+](=O)[O-])c3)s2)NC1=S. The van der Waals surface area contributed by atoms with Gasteiger partial charge in [0.1, 0.15) is 5.70 Å². The van der Waals surface area contributed by atoms with Crippen molar-refractivity contribution in [1.82, 2.24) is 5.32 Å². The van der Waals surface area contributed by atoms with Gasteiger partial charge in [0, 0.05) is 21.9 Å². The zero-order chi connectivity index (χ0) is 20.5. The molecule has 0 atom stereocenters. The summed E-state index contributed by atoms with van der Waals surface area (Å²) in [6, 6.07) is 17.8. The standard InChI is InChI=1S/C21H15N3O3S2/c1-13-5-2-3-8-18(13)23-20(25)17(22-21(23)28)12-16-9-10-19(29-16)14-6-4-7-15(11-14)24(26)27/h2-12H,1H3,(H,22,28)/b17-12+. The molecule has 1 aliphatic rings. The predicted molar refractivity (Wildman–Crippen MR) is 119 cm³/mol. The summed E-state index contributed by atoms with van der Waals surface area (Å²) >= 11 is 6.81. The van der Waals surface area contributed by atoms with Gasteiger partial charge < -0.3 is 5.32 Å². The van der Waals surface area contributed by atoms with E-state index in [2.05, 4.69) is 5.32 Å². The van der Waals surface area contributed by atoms with Gasteiger partial charge in [-0.2, -0.15) is 0 Å². The molecular formula is C21H15N3O3S2. The Morgan fingerprint density at radius 3 is 2.69 bits per heavy atom. The Morgan fingerprint density at radius 2 is 1.93 bits per heavy atom. The number of nitrogens with zero attached hydrogens (tertiary/aromatic N) is 2. The van der Waals surface area contributed by atoms with E-state index in [9.17, 15) is 14.9 Å². The number of hydrogen-bond acceptors (Lipinski definition) is 5. The molecule has 6 nitrogen and oxygen atoms in total. The zero-order valence-corrected chi connectivity index (χ0v) is 16.9. The number of amides is 1. The van der Waals surface area contributed by atoms with E-state index in [0.717, 1.165) is 26.6 Å². The number of non-ortho nitro benzene ring substituents is 1. The van der Waals surface area contributed by atoms with Gasteiger partial charge in [-0.3, -0.25) is 19.8 Å². The fraction of sp³-hybridized carbons (Fsp3) is 0.0476. The van der Waals surface area contributed by atoms with Crippen LogP contribution in [0, 0.1) is 17.0 Å². The van der Waals surface area contributed by atoms with Crippen LogP contribution in [0.1, 0.15) is 10.4 Å². The van der Waals surface area contributed by atoms with Crippen molar-refractivity contribution in [2.45, 2.75) is 6.92 Å². The number of nitrogens with one attached hydrogen (secondary N) is 1. The second kappa shape index (κ2) is 7.57. The molecule has 1 saturated heterocycles. The van der Waals surface area contributed by atoms with Crippen molar-refractivity contribution in [3.05, 3.63) is 86.9 Å². The Kier molecular flexibility index (Phi) is 4.96. The van der Waals surface area contributed by atoms with E-state index in [4.69, 9.17) is 12.2 Å². The van der Waals surface area contributed by atoms with Crippen molar-refractivity contribution in [3.8, 4) is 10.4 Å². The number of carbonyl (C=O) groups excluding carboxylic acids is 1. The van der Waals surface area contributed by atoms with Crippen LogP contribution < -0.4 is 10.2 Å². The Morgan fingerprint density at radius 1 is 1.14 bits per heavy atom. The van der Waals surface area contributed by atoms with Gasteiger partial charge in [0.25, 0.3) is 11.6 Å². The summed E-state index contributed by atoms with van der Waals surface area (Å²) in [4.78, 5) is 26.7. The summed E-state index contributed by atoms with van der Waals surface area (Å²) in [6.07, 6.45) is 1.75. The molecule has 2 heterocycles. The molecule has 8 heteroatoms. The van der Waals surface area contributed by atoms with Gasteiger partial charge in [-0.05, 0) is 54.5 Å². The van der Waals surface area contributed by atoms with Crippen molar-refractivity contribution in [2.75, 3.05) is 4.90 Å². The molecule has 0 saturated carbocycles. The molecular weight excluding hydrogens is 406 g/mol. The van der Waals surface area contributed by atoms with E-state index >= 15 is 0 Å². The molecule has 1 fully saturated rings. The summed E-state index contributed by atoms with van der Waals surface area (Å²) in [7, 11) is 0. The number of thiophene rings is 1. The molecule has 3 aromatic rings. The fourth-order valence-electron chi connectivity index (χ4n) is 3.07. The van der Waals surface area contributed by atoms with Crippen molar-refractivity contribution < 1.29 is 9.72 Å². The Labute approximate surface area is 176 Å². The van der Waals surface area contributed by atoms with Crippen LogP contribution >= 0.6 is 23.6 Å². The molecule has 0 unspecified atom stereocenters. The highest BCUT2D eigenvalue weighted by atomic mass is 32.1. The second-order valence-corrected chi connectivity index (χ2v) is 7.93. The van der Waals surface area contributed by atoms with E-state index < -0.39 is 4.92 Å². The summed E-state index contributed by atoms with van der Waals surface area (Å²) in [5, 5.41) is 14.3. The van der Waals surface area contributed by atoms with E-state index in [1.165, 1.54) is 28.4 Å². The molecule has 0 radical (unpaired) electrons. The Balaban J connectivity index is 1.62. The zero-order valence-electron chi connectivity index (χ0n) is 15.3. The van der Waals surface area contributed by atoms with Gasteiger partial charge in [-0.15, -0.1) is 11.3 Å². The number of rotatable bonds is 4. The van der Waals surface area contributed by atoms with Crippen LogP contribution in [0.15, 0.2) is 66.4 Å². The van der Waals surface area contributed by atoms with Gasteiger partial charge in [-0.25, -0.2) is 0 Å². The smallest absolute Gasteiger partial charge is 0.281 e. The molecule has 29 heavy (non-hydrogen) atoms. The van der Waals surface area contributed by atoms with Crippen LogP contribution in [-0.2, 0) is 4.79 Å². The van der Waals surface area contributed by atoms with Gasteiger partial charge >= 0.3 is 0 Å². The van der Waals surface area contributed by atoms with Crippen molar-refractivity contribution in [2.24, 2.45) is 0 Å². The molecule has 0 aliphatic carbocycles. The molecule has 1 amide bonds. The molecule has 0 bridgehead atoms. The highest BCUT2D eigenvalue weighted by molar-refractivity contribution is 7.80. The third-order valence-electron chi connectivity index (χ3n) is 4.49. The molecule has 1 aromatic heterocycles. The highest BCUT2D eigenvalue weighted by Crippen LogP contribution is 2.32. The highest BCUT2D eigenvalue weighted by Gasteiger charge is 2.32. The van der Waals surface area contributed by atoms with Gasteiger partial charge in [0.15, 0.2) is 5.11 Å². The number of anilines is 1. The van der Waals surface area contributed by atoms with Crippen LogP contribution in [0.2, 0.25) is 0 Å². The number of nitro groups is 1. The quantitative estimate of drug-likeness (QED) is 0.281. The lowest BCUT2D eigenvalue weighted by Gasteiger charge is -2.16. The first-order valence-corrected chi connectivity index (χ1v) is 9.94. The maximum absolute atomic E-state index is 12.9. The van der Waals surface area contributed by atoms with Crippen LogP contribution in [0.5, 0.6) is 0 Å². The summed E-state index contributed by atoms with van der Waals surface area (Å²) in [5.74, 6) is -0.213. The van der Waals surface area contributed by atoms with Crippen LogP contribution in [0.25, 0.3) is 16.5 Å². The van der Waals surface area contributed by atoms with Gasteiger partial charge in [-0.1, -0.05) is 30.3 Å². The first kappa shape index (κ1) is 19.0. The minimum Gasteiger partial charge on any atom is -0.327 e. The Bertz CT molecular complexity index is 1180. The predicted octanol–water partition coefficient (Wildman–Crippen LogP) is 4.89. The maximum Gasteiger partial charge on any atom is 0.281 e. The van der Waals surface area contributed by atoms with Gasteiger partial charge in [0.2, 0.25) is 0 Å². The monoisotopic (exact) mass is 421 g/mol. The summed E-state index contributed by atoms with van der Waals surface area (Å²) in [5.41, 5.74) is 2.90. The van der Waals surface area contributed by atoms with Crippen LogP contribution in [0.3, 0.4) is 0 Å². The normalized spacial score (nSPS) is 15.1. The minimum atomic E-state index is -0.414. The molecule has 1 N–H and O–H groups in total. The van der Waals surface area contributed by atoms with E-state index in [1.54, 1.807) is 12.1 Å². The average molecular weight is 422 g/mol. The number of aryl methyl sites for hydroxylation is 1. The third kappa shape index (κ3) is 3.67. The van der Waals surface area contributed by atoms with Crippen molar-refractivity contribution >= 4 is 52.0 Å². The van der Waals surface area contributed by atoms with Crippen LogP contribution in [0.4, 0.5) is 11.4 Å². The molecule has 1 aliphatic heterocycles. The first-order valence-electron chi connectivity index (χ1n) is 8.71. The van der Waals surface area contributed by atoms with E-state index in [0.29, 0.717) is 10.8 Å². The van der Waals surface area contributed by atoms with E-state index in [-0.39, 0.29) is 11.6 Å². The first-order chi connectivity index (χ1) is 13.9. The lowest BCUT2D eigenvalue weighted by atomic mass is 10.1. The molecule has 0 spiro atoms. The topological polar surface area (TPSA) is 75.5 Å². The summed E-state index contributed by atoms with van der Waals surface area (Å²) < 4.78 is 0. The number of thiocarbonyl (C=S) groups is 1. The van der Waals surface area contributed by atoms with Crippen LogP contribution in [-0.4, -0.2) is 15.9 Å². The molecule has 4 rings (SSSR count). The molecule has 2 aromatic carbocycles. The fourth-order valence-corrected chi connectivity index (χ4v) is 4.31. The second-order valence-electron chi connectivity index (χ2n) is 6.42. The number of carbonyl (C=O) groups is 1. The lowest BCUT2D eigenvalue weighted by molar-refractivity contribution is -0.384. The van der Waals surface area contributed by atoms with E-state index in [1.807, 2.05) is 49.4 Å². The lowest BCUT2D eigenvalue weighted by Crippen LogP contribution is -2.30. The largest absolute Gasteiger partial charge is 0.327 e. The minimum absolute atomic E-state index is 0.0441. The number of nitro benzene ring substituents is 1. The maximum atomic E-state index is 12.9.